The first-order chi connectivity index (χ1) is 24.8. The van der Waals surface area contributed by atoms with Gasteiger partial charge in [0.05, 0.1) is 27.6 Å². The average molecular weight is 680 g/mol. The standard InChI is InChI=1S/C41H37N5O5/c1-4-10-38-43-39-27(2)21-32(40-42-35-15-7-8-16-36(35)44(40)3)23-37(39)45(38)24-28-17-19-31(20-18-28)33-13-5-6-14-34(33)41(47)50-25-29-11-9-12-30(22-29)26-51-46(48)49/h5-9,11-23H,4,10,24-26H2,1-3H3. The normalized spacial score (nSPS) is 11.3. The molecule has 5 aromatic carbocycles. The van der Waals surface area contributed by atoms with Crippen LogP contribution in [-0.4, -0.2) is 30.2 Å². The van der Waals surface area contributed by atoms with Crippen LogP contribution >= 0.6 is 0 Å². The zero-order chi connectivity index (χ0) is 35.5. The zero-order valence-electron chi connectivity index (χ0n) is 28.7. The number of esters is 1. The van der Waals surface area contributed by atoms with Gasteiger partial charge in [-0.05, 0) is 77.1 Å². The molecule has 0 saturated carbocycles. The highest BCUT2D eigenvalue weighted by molar-refractivity contribution is 5.97. The summed E-state index contributed by atoms with van der Waals surface area (Å²) >= 11 is 0. The topological polar surface area (TPSA) is 114 Å². The number of para-hydroxylation sites is 2. The van der Waals surface area contributed by atoms with Crippen LogP contribution in [0.3, 0.4) is 0 Å². The van der Waals surface area contributed by atoms with Crippen LogP contribution in [-0.2, 0) is 42.8 Å². The molecule has 0 amide bonds. The molecular weight excluding hydrogens is 642 g/mol. The number of hydrogen-bond acceptors (Lipinski definition) is 7. The van der Waals surface area contributed by atoms with Gasteiger partial charge in [0, 0.05) is 25.6 Å². The van der Waals surface area contributed by atoms with Crippen molar-refractivity contribution >= 4 is 28.0 Å². The second-order valence-corrected chi connectivity index (χ2v) is 12.6. The predicted octanol–water partition coefficient (Wildman–Crippen LogP) is 8.63. The number of imidazole rings is 2. The maximum absolute atomic E-state index is 13.3. The maximum Gasteiger partial charge on any atom is 0.339 e. The Balaban J connectivity index is 1.14. The second-order valence-electron chi connectivity index (χ2n) is 12.6. The lowest BCUT2D eigenvalue weighted by atomic mass is 9.98. The lowest BCUT2D eigenvalue weighted by Gasteiger charge is -2.13. The quantitative estimate of drug-likeness (QED) is 0.0722. The Morgan fingerprint density at radius 3 is 2.31 bits per heavy atom. The largest absolute Gasteiger partial charge is 0.457 e. The Bertz CT molecular complexity index is 2390. The molecule has 0 aliphatic carbocycles. The van der Waals surface area contributed by atoms with Crippen LogP contribution in [0.5, 0.6) is 0 Å². The number of aromatic nitrogens is 4. The van der Waals surface area contributed by atoms with Crippen LogP contribution < -0.4 is 0 Å². The molecule has 0 bridgehead atoms. The van der Waals surface area contributed by atoms with E-state index >= 15 is 0 Å². The third-order valence-corrected chi connectivity index (χ3v) is 9.09. The molecule has 10 nitrogen and oxygen atoms in total. The van der Waals surface area contributed by atoms with Gasteiger partial charge in [0.15, 0.2) is 0 Å². The third kappa shape index (κ3) is 6.94. The third-order valence-electron chi connectivity index (χ3n) is 9.09. The van der Waals surface area contributed by atoms with E-state index in [1.54, 1.807) is 30.3 Å². The molecule has 2 heterocycles. The molecule has 0 atom stereocenters. The molecule has 0 spiro atoms. The summed E-state index contributed by atoms with van der Waals surface area (Å²) in [6.45, 7) is 4.78. The highest BCUT2D eigenvalue weighted by Crippen LogP contribution is 2.31. The molecule has 0 aliphatic heterocycles. The van der Waals surface area contributed by atoms with E-state index in [1.165, 1.54) is 0 Å². The molecule has 0 saturated heterocycles. The van der Waals surface area contributed by atoms with E-state index in [4.69, 9.17) is 14.7 Å². The fraction of sp³-hybridized carbons (Fsp3) is 0.195. The van der Waals surface area contributed by atoms with Crippen LogP contribution in [0.2, 0.25) is 0 Å². The summed E-state index contributed by atoms with van der Waals surface area (Å²) in [6.07, 6.45) is 1.84. The summed E-state index contributed by atoms with van der Waals surface area (Å²) in [7, 11) is 2.06. The molecule has 7 aromatic rings. The van der Waals surface area contributed by atoms with Gasteiger partial charge in [-0.25, -0.2) is 14.8 Å². The summed E-state index contributed by atoms with van der Waals surface area (Å²) in [4.78, 5) is 38.4. The number of ether oxygens (including phenoxy) is 1. The van der Waals surface area contributed by atoms with Crippen LogP contribution in [0.1, 0.15) is 51.8 Å². The van der Waals surface area contributed by atoms with Gasteiger partial charge in [-0.15, -0.1) is 10.1 Å². The number of fused-ring (bicyclic) bond motifs is 2. The number of rotatable bonds is 12. The highest BCUT2D eigenvalue weighted by atomic mass is 16.9. The van der Waals surface area contributed by atoms with Crippen molar-refractivity contribution in [3.05, 3.63) is 153 Å². The highest BCUT2D eigenvalue weighted by Gasteiger charge is 2.18. The molecular formula is C41H37N5O5. The summed E-state index contributed by atoms with van der Waals surface area (Å²) < 4.78 is 10.1. The van der Waals surface area contributed by atoms with Gasteiger partial charge in [-0.3, -0.25) is 0 Å². The van der Waals surface area contributed by atoms with Crippen LogP contribution in [0.4, 0.5) is 0 Å². The maximum atomic E-state index is 13.3. The van der Waals surface area contributed by atoms with Crippen molar-refractivity contribution in [3.8, 4) is 22.5 Å². The average Bonchev–Trinajstić information content (AvgIpc) is 3.67. The number of carbonyl (C=O) groups excluding carboxylic acids is 1. The zero-order valence-corrected chi connectivity index (χ0v) is 28.7. The van der Waals surface area contributed by atoms with Gasteiger partial charge in [-0.2, -0.15) is 0 Å². The van der Waals surface area contributed by atoms with Gasteiger partial charge in [0.2, 0.25) is 0 Å². The molecule has 2 aromatic heterocycles. The van der Waals surface area contributed by atoms with Crippen LogP contribution in [0, 0.1) is 17.0 Å². The SMILES string of the molecule is CCCc1nc2c(C)cc(-c3nc4ccccc4n3C)cc2n1Cc1ccc(-c2ccccc2C(=O)OCc2cccc(CO[N+](=O)[O-])c2)cc1. The lowest BCUT2D eigenvalue weighted by Crippen LogP contribution is -2.08. The first-order valence-electron chi connectivity index (χ1n) is 16.9. The van der Waals surface area contributed by atoms with E-state index in [-0.39, 0.29) is 13.2 Å². The van der Waals surface area contributed by atoms with Crippen LogP contribution in [0.15, 0.2) is 109 Å². The fourth-order valence-corrected chi connectivity index (χ4v) is 6.61. The van der Waals surface area contributed by atoms with Crippen molar-refractivity contribution in [1.82, 2.24) is 19.1 Å². The van der Waals surface area contributed by atoms with Crippen molar-refractivity contribution in [1.29, 1.82) is 0 Å². The molecule has 10 heteroatoms. The van der Waals surface area contributed by atoms with E-state index in [9.17, 15) is 14.9 Å². The summed E-state index contributed by atoms with van der Waals surface area (Å²) in [5.74, 6) is 1.51. The molecule has 7 rings (SSSR count). The number of benzene rings is 5. The van der Waals surface area contributed by atoms with Gasteiger partial charge in [0.25, 0.3) is 5.09 Å². The molecule has 0 N–H and O–H groups in total. The Morgan fingerprint density at radius 1 is 0.804 bits per heavy atom. The van der Waals surface area contributed by atoms with Crippen molar-refractivity contribution in [2.75, 3.05) is 0 Å². The minimum Gasteiger partial charge on any atom is -0.457 e. The van der Waals surface area contributed by atoms with Crippen molar-refractivity contribution in [2.24, 2.45) is 7.05 Å². The molecule has 0 unspecified atom stereocenters. The van der Waals surface area contributed by atoms with Crippen molar-refractivity contribution in [2.45, 2.75) is 46.4 Å². The minimum absolute atomic E-state index is 0.0229. The second kappa shape index (κ2) is 14.3. The molecule has 0 aliphatic rings. The molecule has 51 heavy (non-hydrogen) atoms. The number of hydrogen-bond donors (Lipinski definition) is 0. The van der Waals surface area contributed by atoms with E-state index in [0.717, 1.165) is 74.4 Å². The number of aryl methyl sites for hydroxylation is 3. The minimum atomic E-state index is -0.832. The number of carbonyl (C=O) groups is 1. The smallest absolute Gasteiger partial charge is 0.339 e. The Morgan fingerprint density at radius 2 is 1.55 bits per heavy atom. The van der Waals surface area contributed by atoms with E-state index in [2.05, 4.69) is 65.2 Å². The van der Waals surface area contributed by atoms with Crippen molar-refractivity contribution in [3.63, 3.8) is 0 Å². The summed E-state index contributed by atoms with van der Waals surface area (Å²) in [6, 6.07) is 35.2. The Labute approximate surface area is 295 Å². The van der Waals surface area contributed by atoms with Gasteiger partial charge in [-0.1, -0.05) is 85.8 Å². The van der Waals surface area contributed by atoms with E-state index in [1.807, 2.05) is 48.5 Å². The Kier molecular flexibility index (Phi) is 9.30. The lowest BCUT2D eigenvalue weighted by molar-refractivity contribution is -0.763. The predicted molar refractivity (Wildman–Crippen MR) is 196 cm³/mol. The Hall–Kier alpha value is -6.29. The summed E-state index contributed by atoms with van der Waals surface area (Å²) in [5.41, 5.74) is 10.9. The molecule has 0 fully saturated rings. The van der Waals surface area contributed by atoms with Crippen molar-refractivity contribution < 1.29 is 19.5 Å². The molecule has 0 radical (unpaired) electrons. The van der Waals surface area contributed by atoms with Gasteiger partial charge < -0.3 is 18.7 Å². The summed E-state index contributed by atoms with van der Waals surface area (Å²) in [5, 5.41) is 9.73. The van der Waals surface area contributed by atoms with E-state index in [0.29, 0.717) is 23.2 Å². The number of nitrogens with zero attached hydrogens (tertiary/aromatic N) is 5. The van der Waals surface area contributed by atoms with E-state index < -0.39 is 11.1 Å². The monoisotopic (exact) mass is 679 g/mol. The first-order valence-corrected chi connectivity index (χ1v) is 16.9. The fourth-order valence-electron chi connectivity index (χ4n) is 6.61. The van der Waals surface area contributed by atoms with Crippen LogP contribution in [0.25, 0.3) is 44.6 Å². The van der Waals surface area contributed by atoms with Gasteiger partial charge in [0.1, 0.15) is 24.9 Å². The first kappa shape index (κ1) is 33.2. The molecule has 256 valence electrons. The van der Waals surface area contributed by atoms with Gasteiger partial charge >= 0.3 is 5.97 Å².